The first-order chi connectivity index (χ1) is 13.5. The number of nitrogens with zero attached hydrogens (tertiary/aromatic N) is 4. The van der Waals surface area contributed by atoms with Gasteiger partial charge in [0.2, 0.25) is 0 Å². The Bertz CT molecular complexity index is 1380. The van der Waals surface area contributed by atoms with Crippen LogP contribution >= 0.6 is 0 Å². The van der Waals surface area contributed by atoms with Crippen LogP contribution in [-0.4, -0.2) is 21.1 Å². The molecule has 1 aromatic carbocycles. The van der Waals surface area contributed by atoms with Gasteiger partial charge in [-0.25, -0.2) is 4.98 Å². The molecule has 7 nitrogen and oxygen atoms in total. The molecule has 0 fully saturated rings. The van der Waals surface area contributed by atoms with Gasteiger partial charge in [-0.2, -0.15) is 5.26 Å². The van der Waals surface area contributed by atoms with Crippen molar-refractivity contribution in [2.75, 3.05) is 7.11 Å². The van der Waals surface area contributed by atoms with Gasteiger partial charge in [0.25, 0.3) is 11.1 Å². The minimum absolute atomic E-state index is 0.0903. The quantitative estimate of drug-likeness (QED) is 0.515. The predicted octanol–water partition coefficient (Wildman–Crippen LogP) is 2.25. The van der Waals surface area contributed by atoms with Crippen molar-refractivity contribution in [3.63, 3.8) is 0 Å². The molecular weight excluding hydrogens is 356 g/mol. The Morgan fingerprint density at radius 1 is 1.11 bits per heavy atom. The first-order valence-corrected chi connectivity index (χ1v) is 8.61. The molecule has 138 valence electrons. The molecule has 4 aromatic rings. The van der Waals surface area contributed by atoms with Crippen LogP contribution in [0.25, 0.3) is 16.7 Å². The number of pyridine rings is 2. The maximum Gasteiger partial charge on any atom is 0.270 e. The summed E-state index contributed by atoms with van der Waals surface area (Å²) in [6.07, 6.45) is 1.69. The normalized spacial score (nSPS) is 10.9. The largest absolute Gasteiger partial charge is 0.497 e. The lowest BCUT2D eigenvalue weighted by molar-refractivity contribution is 0.414. The monoisotopic (exact) mass is 372 g/mol. The van der Waals surface area contributed by atoms with Crippen molar-refractivity contribution in [2.45, 2.75) is 13.5 Å². The second-order valence-corrected chi connectivity index (χ2v) is 6.50. The Morgan fingerprint density at radius 2 is 1.86 bits per heavy atom. The summed E-state index contributed by atoms with van der Waals surface area (Å²) in [6, 6.07) is 14.0. The molecule has 0 aliphatic carbocycles. The second-order valence-electron chi connectivity index (χ2n) is 6.50. The second kappa shape index (κ2) is 6.67. The van der Waals surface area contributed by atoms with Gasteiger partial charge in [-0.3, -0.25) is 18.6 Å². The number of fused-ring (bicyclic) bond motifs is 2. The highest BCUT2D eigenvalue weighted by atomic mass is 16.5. The standard InChI is InChI=1S/C21H16N4O3/c1-13-3-8-18-23-19-17(21(27)24(18)11-13)9-15(10-22)20(26)25(19)12-14-4-6-16(28-2)7-5-14/h3-9,11H,12H2,1-2H3. The van der Waals surface area contributed by atoms with Gasteiger partial charge in [-0.1, -0.05) is 18.2 Å². The molecule has 3 heterocycles. The first kappa shape index (κ1) is 17.5. The van der Waals surface area contributed by atoms with Crippen LogP contribution in [0.4, 0.5) is 0 Å². The van der Waals surface area contributed by atoms with Crippen LogP contribution in [0.3, 0.4) is 0 Å². The van der Waals surface area contributed by atoms with Crippen LogP contribution in [-0.2, 0) is 6.54 Å². The molecule has 0 saturated carbocycles. The lowest BCUT2D eigenvalue weighted by Crippen LogP contribution is -2.27. The van der Waals surface area contributed by atoms with E-state index in [2.05, 4.69) is 4.98 Å². The van der Waals surface area contributed by atoms with E-state index in [1.54, 1.807) is 31.5 Å². The Kier molecular flexibility index (Phi) is 4.17. The number of benzene rings is 1. The van der Waals surface area contributed by atoms with Crippen molar-refractivity contribution in [3.05, 3.63) is 86.1 Å². The van der Waals surface area contributed by atoms with Gasteiger partial charge in [-0.05, 0) is 42.3 Å². The van der Waals surface area contributed by atoms with Crippen LogP contribution in [0, 0.1) is 18.3 Å². The van der Waals surface area contributed by atoms with E-state index < -0.39 is 5.56 Å². The van der Waals surface area contributed by atoms with Crippen LogP contribution < -0.4 is 15.9 Å². The van der Waals surface area contributed by atoms with Crippen LogP contribution in [0.15, 0.2) is 58.3 Å². The highest BCUT2D eigenvalue weighted by Crippen LogP contribution is 2.15. The molecule has 0 bridgehead atoms. The fourth-order valence-corrected chi connectivity index (χ4v) is 3.17. The van der Waals surface area contributed by atoms with Gasteiger partial charge >= 0.3 is 0 Å². The molecule has 28 heavy (non-hydrogen) atoms. The number of nitriles is 1. The topological polar surface area (TPSA) is 89.4 Å². The maximum absolute atomic E-state index is 13.0. The lowest BCUT2D eigenvalue weighted by Gasteiger charge is -2.12. The number of rotatable bonds is 3. The van der Waals surface area contributed by atoms with E-state index in [-0.39, 0.29) is 28.7 Å². The number of aromatic nitrogens is 3. The van der Waals surface area contributed by atoms with Crippen molar-refractivity contribution in [3.8, 4) is 11.8 Å². The fourth-order valence-electron chi connectivity index (χ4n) is 3.17. The number of hydrogen-bond acceptors (Lipinski definition) is 5. The van der Waals surface area contributed by atoms with E-state index in [0.29, 0.717) is 11.4 Å². The highest BCUT2D eigenvalue weighted by Gasteiger charge is 2.15. The average molecular weight is 372 g/mol. The van der Waals surface area contributed by atoms with Gasteiger partial charge in [-0.15, -0.1) is 0 Å². The Balaban J connectivity index is 2.02. The van der Waals surface area contributed by atoms with E-state index in [9.17, 15) is 14.9 Å². The van der Waals surface area contributed by atoms with E-state index in [0.717, 1.165) is 11.1 Å². The van der Waals surface area contributed by atoms with Crippen molar-refractivity contribution < 1.29 is 4.74 Å². The predicted molar refractivity (Wildman–Crippen MR) is 105 cm³/mol. The van der Waals surface area contributed by atoms with Crippen molar-refractivity contribution in [2.24, 2.45) is 0 Å². The summed E-state index contributed by atoms with van der Waals surface area (Å²) in [5.41, 5.74) is 1.54. The zero-order chi connectivity index (χ0) is 19.8. The molecule has 0 N–H and O–H groups in total. The van der Waals surface area contributed by atoms with Gasteiger partial charge in [0, 0.05) is 6.20 Å². The Morgan fingerprint density at radius 3 is 2.54 bits per heavy atom. The first-order valence-electron chi connectivity index (χ1n) is 8.61. The third-order valence-corrected chi connectivity index (χ3v) is 4.63. The molecule has 0 spiro atoms. The number of aryl methyl sites for hydroxylation is 1. The summed E-state index contributed by atoms with van der Waals surface area (Å²) in [5.74, 6) is 0.699. The van der Waals surface area contributed by atoms with E-state index in [1.807, 2.05) is 31.2 Å². The van der Waals surface area contributed by atoms with Crippen LogP contribution in [0.2, 0.25) is 0 Å². The Labute approximate surface area is 159 Å². The van der Waals surface area contributed by atoms with Gasteiger partial charge < -0.3 is 4.74 Å². The minimum atomic E-state index is -0.478. The summed E-state index contributed by atoms with van der Waals surface area (Å²) < 4.78 is 7.96. The molecule has 0 radical (unpaired) electrons. The molecule has 0 atom stereocenters. The summed E-state index contributed by atoms with van der Waals surface area (Å²) in [5, 5.41) is 9.61. The molecule has 0 saturated heterocycles. The van der Waals surface area contributed by atoms with Gasteiger partial charge in [0.05, 0.1) is 19.0 Å². The van der Waals surface area contributed by atoms with Gasteiger partial charge in [0.1, 0.15) is 23.0 Å². The molecule has 7 heteroatoms. The third-order valence-electron chi connectivity index (χ3n) is 4.63. The zero-order valence-electron chi connectivity index (χ0n) is 15.3. The third kappa shape index (κ3) is 2.81. The molecule has 0 aliphatic heterocycles. The SMILES string of the molecule is COc1ccc(Cn2c(=O)c(C#N)cc3c(=O)n4cc(C)ccc4nc32)cc1. The molecule has 0 amide bonds. The summed E-state index contributed by atoms with van der Waals surface area (Å²) in [4.78, 5) is 30.3. The van der Waals surface area contributed by atoms with Gasteiger partial charge in [0.15, 0.2) is 5.65 Å². The summed E-state index contributed by atoms with van der Waals surface area (Å²) in [7, 11) is 1.58. The number of methoxy groups -OCH3 is 1. The van der Waals surface area contributed by atoms with Crippen molar-refractivity contribution in [1.82, 2.24) is 14.0 Å². The molecule has 4 rings (SSSR count). The zero-order valence-corrected chi connectivity index (χ0v) is 15.3. The number of ether oxygens (including phenoxy) is 1. The average Bonchev–Trinajstić information content (AvgIpc) is 2.71. The highest BCUT2D eigenvalue weighted by molar-refractivity contribution is 5.78. The smallest absolute Gasteiger partial charge is 0.270 e. The molecular formula is C21H16N4O3. The summed E-state index contributed by atoms with van der Waals surface area (Å²) >= 11 is 0. The lowest BCUT2D eigenvalue weighted by atomic mass is 10.2. The van der Waals surface area contributed by atoms with Crippen molar-refractivity contribution in [1.29, 1.82) is 5.26 Å². The molecule has 3 aromatic heterocycles. The van der Waals surface area contributed by atoms with E-state index >= 15 is 0 Å². The van der Waals surface area contributed by atoms with E-state index in [1.165, 1.54) is 15.0 Å². The number of hydrogen-bond donors (Lipinski definition) is 0. The van der Waals surface area contributed by atoms with Crippen LogP contribution in [0.5, 0.6) is 5.75 Å². The molecule has 0 aliphatic rings. The van der Waals surface area contributed by atoms with E-state index in [4.69, 9.17) is 4.74 Å². The fraction of sp³-hybridized carbons (Fsp3) is 0.143. The Hall–Kier alpha value is -3.92. The minimum Gasteiger partial charge on any atom is -0.497 e. The van der Waals surface area contributed by atoms with Crippen LogP contribution in [0.1, 0.15) is 16.7 Å². The summed E-state index contributed by atoms with van der Waals surface area (Å²) in [6.45, 7) is 2.06. The van der Waals surface area contributed by atoms with Crippen molar-refractivity contribution >= 4 is 16.7 Å². The maximum atomic E-state index is 13.0. The molecule has 0 unspecified atom stereocenters.